The van der Waals surface area contributed by atoms with Crippen molar-refractivity contribution in [3.63, 3.8) is 0 Å². The smallest absolute Gasteiger partial charge is 0.285 e. The molecule has 2 heterocycles. The summed E-state index contributed by atoms with van der Waals surface area (Å²) in [4.78, 5) is 26.3. The van der Waals surface area contributed by atoms with Gasteiger partial charge in [-0.15, -0.1) is 5.10 Å². The van der Waals surface area contributed by atoms with Crippen LogP contribution in [0.5, 0.6) is 5.75 Å². The van der Waals surface area contributed by atoms with E-state index in [4.69, 9.17) is 9.47 Å². The Morgan fingerprint density at radius 1 is 1.37 bits per heavy atom. The molecule has 3 rings (SSSR count). The average molecular weight is 389 g/mol. The van der Waals surface area contributed by atoms with Crippen molar-refractivity contribution >= 4 is 29.6 Å². The molecule has 9 nitrogen and oxygen atoms in total. The van der Waals surface area contributed by atoms with Gasteiger partial charge in [0, 0.05) is 18.7 Å². The van der Waals surface area contributed by atoms with E-state index in [1.165, 1.54) is 6.21 Å². The first-order valence-corrected chi connectivity index (χ1v) is 9.12. The number of morpholine rings is 1. The zero-order valence-corrected chi connectivity index (χ0v) is 15.6. The monoisotopic (exact) mass is 389 g/mol. The molecule has 1 aromatic heterocycles. The number of benzene rings is 1. The normalized spacial score (nSPS) is 14.3. The number of aryl methyl sites for hydroxylation is 1. The molecule has 0 aliphatic carbocycles. The maximum absolute atomic E-state index is 12.2. The van der Waals surface area contributed by atoms with Crippen LogP contribution in [0.25, 0.3) is 0 Å². The van der Waals surface area contributed by atoms with Gasteiger partial charge >= 0.3 is 0 Å². The maximum Gasteiger partial charge on any atom is 0.285 e. The molecule has 1 aliphatic heterocycles. The molecule has 0 spiro atoms. The Labute approximate surface area is 160 Å². The number of nitrogens with one attached hydrogen (secondary N) is 1. The number of carbonyl (C=O) groups excluding carboxylic acids is 2. The van der Waals surface area contributed by atoms with Gasteiger partial charge in [0.1, 0.15) is 10.6 Å². The Bertz CT molecular complexity index is 832. The van der Waals surface area contributed by atoms with Crippen molar-refractivity contribution in [2.24, 2.45) is 5.10 Å². The van der Waals surface area contributed by atoms with Gasteiger partial charge in [0.2, 0.25) is 0 Å². The van der Waals surface area contributed by atoms with Crippen LogP contribution in [-0.2, 0) is 9.53 Å². The Morgan fingerprint density at radius 2 is 2.15 bits per heavy atom. The van der Waals surface area contributed by atoms with E-state index in [0.29, 0.717) is 48.2 Å². The molecule has 27 heavy (non-hydrogen) atoms. The summed E-state index contributed by atoms with van der Waals surface area (Å²) in [6, 6.07) is 7.14. The highest BCUT2D eigenvalue weighted by Crippen LogP contribution is 2.16. The highest BCUT2D eigenvalue weighted by molar-refractivity contribution is 7.07. The summed E-state index contributed by atoms with van der Waals surface area (Å²) in [5.41, 5.74) is 3.63. The Hall–Kier alpha value is -2.85. The second-order valence-corrected chi connectivity index (χ2v) is 6.46. The number of hydrogen-bond donors (Lipinski definition) is 1. The lowest BCUT2D eigenvalue weighted by Crippen LogP contribution is -2.43. The Morgan fingerprint density at radius 3 is 2.89 bits per heavy atom. The summed E-state index contributed by atoms with van der Waals surface area (Å²) in [5, 5.41) is 7.74. The summed E-state index contributed by atoms with van der Waals surface area (Å²) in [7, 11) is 0. The summed E-state index contributed by atoms with van der Waals surface area (Å²) in [6.07, 6.45) is 1.47. The fourth-order valence-electron chi connectivity index (χ4n) is 2.41. The molecule has 1 aliphatic rings. The van der Waals surface area contributed by atoms with E-state index in [9.17, 15) is 9.59 Å². The number of rotatable bonds is 6. The molecule has 1 saturated heterocycles. The van der Waals surface area contributed by atoms with Crippen LogP contribution in [0.4, 0.5) is 0 Å². The van der Waals surface area contributed by atoms with E-state index in [1.807, 2.05) is 6.07 Å². The lowest BCUT2D eigenvalue weighted by molar-refractivity contribution is -0.137. The van der Waals surface area contributed by atoms with E-state index in [1.54, 1.807) is 30.0 Å². The van der Waals surface area contributed by atoms with Crippen molar-refractivity contribution in [3.8, 4) is 5.75 Å². The molecule has 142 valence electrons. The standard InChI is InChI=1S/C17H19N5O4S/c1-12-16(27-21-19-12)17(24)20-18-10-13-4-2-3-5-14(13)26-11-15(23)22-6-8-25-9-7-22/h2-5,10H,6-9,11H2,1H3,(H,20,24)/b18-10-. The molecule has 2 aromatic rings. The number of carbonyl (C=O) groups is 2. The van der Waals surface area contributed by atoms with Gasteiger partial charge in [-0.1, -0.05) is 16.6 Å². The number of para-hydroxylation sites is 1. The lowest BCUT2D eigenvalue weighted by Gasteiger charge is -2.26. The lowest BCUT2D eigenvalue weighted by atomic mass is 10.2. The second kappa shape index (κ2) is 9.19. The number of amides is 2. The highest BCUT2D eigenvalue weighted by atomic mass is 32.1. The minimum Gasteiger partial charge on any atom is -0.483 e. The van der Waals surface area contributed by atoms with E-state index in [-0.39, 0.29) is 18.4 Å². The fraction of sp³-hybridized carbons (Fsp3) is 0.353. The molecule has 10 heteroatoms. The number of aromatic nitrogens is 2. The number of ether oxygens (including phenoxy) is 2. The molecule has 2 amide bonds. The molecular weight excluding hydrogens is 370 g/mol. The topological polar surface area (TPSA) is 106 Å². The zero-order valence-electron chi connectivity index (χ0n) is 14.8. The van der Waals surface area contributed by atoms with Crippen LogP contribution in [0.1, 0.15) is 20.9 Å². The first-order chi connectivity index (χ1) is 13.1. The molecule has 0 radical (unpaired) electrons. The predicted octanol–water partition coefficient (Wildman–Crippen LogP) is 0.848. The quantitative estimate of drug-likeness (QED) is 0.580. The third-order valence-corrected chi connectivity index (χ3v) is 4.69. The summed E-state index contributed by atoms with van der Waals surface area (Å²) in [6.45, 7) is 3.87. The van der Waals surface area contributed by atoms with Crippen LogP contribution in [-0.4, -0.2) is 65.4 Å². The molecule has 0 unspecified atom stereocenters. The summed E-state index contributed by atoms with van der Waals surface area (Å²) < 4.78 is 14.6. The summed E-state index contributed by atoms with van der Waals surface area (Å²) >= 11 is 1.01. The average Bonchev–Trinajstić information content (AvgIpc) is 3.13. The predicted molar refractivity (Wildman–Crippen MR) is 99.0 cm³/mol. The Balaban J connectivity index is 1.57. The fourth-order valence-corrected chi connectivity index (χ4v) is 2.96. The second-order valence-electron chi connectivity index (χ2n) is 5.71. The van der Waals surface area contributed by atoms with Crippen molar-refractivity contribution < 1.29 is 19.1 Å². The first-order valence-electron chi connectivity index (χ1n) is 8.35. The van der Waals surface area contributed by atoms with Crippen molar-refractivity contribution in [2.75, 3.05) is 32.9 Å². The number of hydrazone groups is 1. The molecule has 0 atom stereocenters. The molecule has 0 bridgehead atoms. The van der Waals surface area contributed by atoms with Crippen LogP contribution in [0.3, 0.4) is 0 Å². The van der Waals surface area contributed by atoms with Crippen LogP contribution >= 0.6 is 11.5 Å². The van der Waals surface area contributed by atoms with E-state index in [0.717, 1.165) is 11.5 Å². The third-order valence-electron chi connectivity index (χ3n) is 3.86. The Kier molecular flexibility index (Phi) is 6.44. The van der Waals surface area contributed by atoms with Gasteiger partial charge in [0.15, 0.2) is 6.61 Å². The minimum absolute atomic E-state index is 0.0665. The van der Waals surface area contributed by atoms with Crippen molar-refractivity contribution in [3.05, 3.63) is 40.4 Å². The molecule has 1 N–H and O–H groups in total. The van der Waals surface area contributed by atoms with Crippen LogP contribution in [0.2, 0.25) is 0 Å². The van der Waals surface area contributed by atoms with Gasteiger partial charge in [0.25, 0.3) is 11.8 Å². The van der Waals surface area contributed by atoms with Crippen LogP contribution in [0, 0.1) is 6.92 Å². The van der Waals surface area contributed by atoms with Gasteiger partial charge in [-0.05, 0) is 30.6 Å². The molecule has 1 aromatic carbocycles. The number of hydrogen-bond acceptors (Lipinski definition) is 8. The molecule has 0 saturated carbocycles. The van der Waals surface area contributed by atoms with E-state index >= 15 is 0 Å². The summed E-state index contributed by atoms with van der Waals surface area (Å²) in [5.74, 6) is 0.0407. The first kappa shape index (κ1) is 18.9. The SMILES string of the molecule is Cc1nnsc1C(=O)N/N=C\c1ccccc1OCC(=O)N1CCOCC1. The maximum atomic E-state index is 12.2. The largest absolute Gasteiger partial charge is 0.483 e. The number of nitrogens with zero attached hydrogens (tertiary/aromatic N) is 4. The minimum atomic E-state index is -0.375. The molecule has 1 fully saturated rings. The zero-order chi connectivity index (χ0) is 19.1. The van der Waals surface area contributed by atoms with Gasteiger partial charge in [-0.2, -0.15) is 5.10 Å². The van der Waals surface area contributed by atoms with Crippen molar-refractivity contribution in [2.45, 2.75) is 6.92 Å². The van der Waals surface area contributed by atoms with Crippen molar-refractivity contribution in [1.29, 1.82) is 0 Å². The van der Waals surface area contributed by atoms with Gasteiger partial charge < -0.3 is 14.4 Å². The van der Waals surface area contributed by atoms with Gasteiger partial charge in [-0.3, -0.25) is 9.59 Å². The van der Waals surface area contributed by atoms with Crippen LogP contribution in [0.15, 0.2) is 29.4 Å². The van der Waals surface area contributed by atoms with Crippen LogP contribution < -0.4 is 10.2 Å². The molecular formula is C17H19N5O4S. The third kappa shape index (κ3) is 5.08. The van der Waals surface area contributed by atoms with Gasteiger partial charge in [-0.25, -0.2) is 5.43 Å². The highest BCUT2D eigenvalue weighted by Gasteiger charge is 2.17. The van der Waals surface area contributed by atoms with Gasteiger partial charge in [0.05, 0.1) is 25.1 Å². The van der Waals surface area contributed by atoms with E-state index < -0.39 is 0 Å². The van der Waals surface area contributed by atoms with E-state index in [2.05, 4.69) is 20.1 Å². The van der Waals surface area contributed by atoms with Crippen molar-refractivity contribution in [1.82, 2.24) is 19.9 Å².